The number of morpholine rings is 1. The summed E-state index contributed by atoms with van der Waals surface area (Å²) in [5.74, 6) is 0.506. The van der Waals surface area contributed by atoms with Crippen molar-refractivity contribution in [2.75, 3.05) is 59.0 Å². The maximum atomic E-state index is 12.9. The van der Waals surface area contributed by atoms with Gasteiger partial charge >= 0.3 is 0 Å². The second kappa shape index (κ2) is 7.18. The van der Waals surface area contributed by atoms with Crippen molar-refractivity contribution < 1.29 is 14.3 Å². The van der Waals surface area contributed by atoms with Gasteiger partial charge in [0.1, 0.15) is 0 Å². The van der Waals surface area contributed by atoms with Crippen LogP contribution in [0.3, 0.4) is 0 Å². The Labute approximate surface area is 138 Å². The number of likely N-dealkylation sites (tertiary alicyclic amines) is 2. The van der Waals surface area contributed by atoms with Gasteiger partial charge in [0.25, 0.3) is 0 Å². The Bertz CT molecular complexity index is 448. The molecule has 6 nitrogen and oxygen atoms in total. The first-order valence-corrected chi connectivity index (χ1v) is 9.02. The lowest BCUT2D eigenvalue weighted by Crippen LogP contribution is -2.51. The highest BCUT2D eigenvalue weighted by Crippen LogP contribution is 2.40. The lowest BCUT2D eigenvalue weighted by molar-refractivity contribution is -0.146. The zero-order valence-corrected chi connectivity index (χ0v) is 14.3. The zero-order valence-electron chi connectivity index (χ0n) is 14.3. The summed E-state index contributed by atoms with van der Waals surface area (Å²) in [6, 6.07) is 0. The molecule has 130 valence electrons. The van der Waals surface area contributed by atoms with Gasteiger partial charge in [0.15, 0.2) is 0 Å². The normalized spacial score (nSPS) is 29.5. The molecule has 0 saturated carbocycles. The average molecular weight is 323 g/mol. The van der Waals surface area contributed by atoms with Crippen LogP contribution in [0.4, 0.5) is 0 Å². The van der Waals surface area contributed by atoms with E-state index in [1.165, 1.54) is 0 Å². The molecule has 23 heavy (non-hydrogen) atoms. The topological polar surface area (TPSA) is 53.1 Å². The Balaban J connectivity index is 1.56. The summed E-state index contributed by atoms with van der Waals surface area (Å²) in [6.07, 6.45) is 3.99. The minimum atomic E-state index is -0.224. The molecule has 0 N–H and O–H groups in total. The Morgan fingerprint density at radius 3 is 2.70 bits per heavy atom. The Kier molecular flexibility index (Phi) is 5.21. The predicted octanol–water partition coefficient (Wildman–Crippen LogP) is 0.570. The monoisotopic (exact) mass is 323 g/mol. The molecule has 6 heteroatoms. The van der Waals surface area contributed by atoms with Crippen molar-refractivity contribution in [2.24, 2.45) is 5.41 Å². The maximum Gasteiger partial charge on any atom is 0.236 e. The van der Waals surface area contributed by atoms with Crippen LogP contribution in [0, 0.1) is 5.41 Å². The smallest absolute Gasteiger partial charge is 0.236 e. The number of amides is 2. The van der Waals surface area contributed by atoms with Crippen molar-refractivity contribution >= 4 is 11.8 Å². The van der Waals surface area contributed by atoms with Gasteiger partial charge in [-0.1, -0.05) is 6.92 Å². The molecule has 0 aromatic rings. The number of hydrogen-bond acceptors (Lipinski definition) is 4. The summed E-state index contributed by atoms with van der Waals surface area (Å²) in [5, 5.41) is 0. The Morgan fingerprint density at radius 1 is 1.17 bits per heavy atom. The fraction of sp³-hybridized carbons (Fsp3) is 0.882. The first-order valence-electron chi connectivity index (χ1n) is 9.02. The summed E-state index contributed by atoms with van der Waals surface area (Å²) < 4.78 is 5.30. The molecule has 0 radical (unpaired) electrons. The highest BCUT2D eigenvalue weighted by atomic mass is 16.5. The summed E-state index contributed by atoms with van der Waals surface area (Å²) in [7, 11) is 0. The van der Waals surface area contributed by atoms with Gasteiger partial charge in [-0.25, -0.2) is 0 Å². The molecule has 0 aromatic heterocycles. The molecule has 3 heterocycles. The van der Waals surface area contributed by atoms with E-state index in [0.29, 0.717) is 38.8 Å². The SMILES string of the molecule is CCCN1CCC[C@]2(CCN(CC(=O)N3CCOCC3)C2)C1=O. The van der Waals surface area contributed by atoms with Crippen LogP contribution in [-0.2, 0) is 14.3 Å². The van der Waals surface area contributed by atoms with Crippen LogP contribution in [0.1, 0.15) is 32.6 Å². The third-order valence-electron chi connectivity index (χ3n) is 5.47. The van der Waals surface area contributed by atoms with Gasteiger partial charge in [0.2, 0.25) is 11.8 Å². The second-order valence-corrected chi connectivity index (χ2v) is 7.13. The van der Waals surface area contributed by atoms with Crippen molar-refractivity contribution in [3.63, 3.8) is 0 Å². The standard InChI is InChI=1S/C17H29N3O3/c1-2-6-20-7-3-4-17(16(20)22)5-8-18(14-17)13-15(21)19-9-11-23-12-10-19/h2-14H2,1H3/t17-/m1/s1. The van der Waals surface area contributed by atoms with Gasteiger partial charge < -0.3 is 14.5 Å². The highest BCUT2D eigenvalue weighted by Gasteiger charge is 2.48. The first kappa shape index (κ1) is 16.7. The van der Waals surface area contributed by atoms with Crippen molar-refractivity contribution in [3.05, 3.63) is 0 Å². The molecule has 0 aliphatic carbocycles. The van der Waals surface area contributed by atoms with E-state index in [0.717, 1.165) is 51.9 Å². The summed E-state index contributed by atoms with van der Waals surface area (Å²) in [4.78, 5) is 31.4. The van der Waals surface area contributed by atoms with Crippen LogP contribution in [0.2, 0.25) is 0 Å². The van der Waals surface area contributed by atoms with E-state index in [9.17, 15) is 9.59 Å². The van der Waals surface area contributed by atoms with Crippen LogP contribution in [0.5, 0.6) is 0 Å². The van der Waals surface area contributed by atoms with Crippen LogP contribution in [0.25, 0.3) is 0 Å². The molecule has 1 atom stereocenters. The number of nitrogens with zero attached hydrogens (tertiary/aromatic N) is 3. The first-order chi connectivity index (χ1) is 11.1. The number of rotatable bonds is 4. The molecule has 3 saturated heterocycles. The fourth-order valence-electron chi connectivity index (χ4n) is 4.21. The third kappa shape index (κ3) is 3.53. The minimum Gasteiger partial charge on any atom is -0.378 e. The number of carbonyl (C=O) groups excluding carboxylic acids is 2. The summed E-state index contributed by atoms with van der Waals surface area (Å²) >= 11 is 0. The van der Waals surface area contributed by atoms with E-state index in [1.807, 2.05) is 9.80 Å². The molecule has 0 unspecified atom stereocenters. The van der Waals surface area contributed by atoms with Gasteiger partial charge in [-0.3, -0.25) is 14.5 Å². The van der Waals surface area contributed by atoms with Crippen LogP contribution < -0.4 is 0 Å². The number of hydrogen-bond donors (Lipinski definition) is 0. The zero-order chi connectivity index (χ0) is 16.3. The number of ether oxygens (including phenoxy) is 1. The van der Waals surface area contributed by atoms with Crippen LogP contribution >= 0.6 is 0 Å². The molecule has 1 spiro atoms. The lowest BCUT2D eigenvalue weighted by Gasteiger charge is -2.39. The highest BCUT2D eigenvalue weighted by molar-refractivity contribution is 5.84. The quantitative estimate of drug-likeness (QED) is 0.759. The van der Waals surface area contributed by atoms with Crippen LogP contribution in [-0.4, -0.2) is 85.5 Å². The van der Waals surface area contributed by atoms with Gasteiger partial charge in [-0.2, -0.15) is 0 Å². The third-order valence-corrected chi connectivity index (χ3v) is 5.47. The minimum absolute atomic E-state index is 0.180. The molecule has 2 amide bonds. The molecule has 0 aromatic carbocycles. The van der Waals surface area contributed by atoms with E-state index < -0.39 is 0 Å². The Morgan fingerprint density at radius 2 is 1.96 bits per heavy atom. The van der Waals surface area contributed by atoms with E-state index in [4.69, 9.17) is 4.74 Å². The molecule has 0 bridgehead atoms. The second-order valence-electron chi connectivity index (χ2n) is 7.13. The average Bonchev–Trinajstić information content (AvgIpc) is 2.97. The number of piperidine rings is 1. The lowest BCUT2D eigenvalue weighted by atomic mass is 9.78. The van der Waals surface area contributed by atoms with Crippen molar-refractivity contribution in [3.8, 4) is 0 Å². The Hall–Kier alpha value is -1.14. The largest absolute Gasteiger partial charge is 0.378 e. The van der Waals surface area contributed by atoms with E-state index >= 15 is 0 Å². The summed E-state index contributed by atoms with van der Waals surface area (Å²) in [6.45, 7) is 8.62. The molecular weight excluding hydrogens is 294 g/mol. The van der Waals surface area contributed by atoms with Gasteiger partial charge in [0.05, 0.1) is 25.2 Å². The fourth-order valence-corrected chi connectivity index (χ4v) is 4.21. The maximum absolute atomic E-state index is 12.9. The molecule has 3 aliphatic heterocycles. The van der Waals surface area contributed by atoms with E-state index in [2.05, 4.69) is 11.8 Å². The van der Waals surface area contributed by atoms with Crippen LogP contribution in [0.15, 0.2) is 0 Å². The molecule has 3 fully saturated rings. The predicted molar refractivity (Wildman–Crippen MR) is 87.0 cm³/mol. The van der Waals surface area contributed by atoms with Crippen molar-refractivity contribution in [1.29, 1.82) is 0 Å². The molecule has 3 aliphatic rings. The van der Waals surface area contributed by atoms with Gasteiger partial charge in [0, 0.05) is 32.7 Å². The number of carbonyl (C=O) groups is 2. The van der Waals surface area contributed by atoms with E-state index in [1.54, 1.807) is 0 Å². The molecule has 3 rings (SSSR count). The molecular formula is C17H29N3O3. The van der Waals surface area contributed by atoms with Crippen molar-refractivity contribution in [1.82, 2.24) is 14.7 Å². The van der Waals surface area contributed by atoms with E-state index in [-0.39, 0.29) is 11.3 Å². The van der Waals surface area contributed by atoms with Gasteiger partial charge in [-0.05, 0) is 32.2 Å². The van der Waals surface area contributed by atoms with Gasteiger partial charge in [-0.15, -0.1) is 0 Å². The summed E-state index contributed by atoms with van der Waals surface area (Å²) in [5.41, 5.74) is -0.224. The van der Waals surface area contributed by atoms with Crippen molar-refractivity contribution in [2.45, 2.75) is 32.6 Å².